The van der Waals surface area contributed by atoms with Gasteiger partial charge in [-0.1, -0.05) is 54.9 Å². The summed E-state index contributed by atoms with van der Waals surface area (Å²) in [5.74, 6) is -0.503. The lowest BCUT2D eigenvalue weighted by molar-refractivity contribution is -0.112. The van der Waals surface area contributed by atoms with E-state index in [4.69, 9.17) is 11.6 Å². The molecule has 0 saturated heterocycles. The molecule has 2 N–H and O–H groups in total. The number of rotatable bonds is 6. The molecular weight excluding hydrogens is 334 g/mol. The van der Waals surface area contributed by atoms with Crippen LogP contribution in [0.4, 0.5) is 5.69 Å². The SMILES string of the molecule is CCc1ccc(C(C)N/C=C(/C#N)C(=O)Nc2ccccc2Cl)cc1. The summed E-state index contributed by atoms with van der Waals surface area (Å²) in [6.07, 6.45) is 2.42. The molecule has 0 aliphatic carbocycles. The molecule has 0 aliphatic rings. The first-order chi connectivity index (χ1) is 12.0. The van der Waals surface area contributed by atoms with Crippen molar-refractivity contribution < 1.29 is 4.79 Å². The van der Waals surface area contributed by atoms with Crippen LogP contribution in [0.3, 0.4) is 0 Å². The molecule has 1 amide bonds. The minimum atomic E-state index is -0.503. The maximum absolute atomic E-state index is 12.2. The van der Waals surface area contributed by atoms with Gasteiger partial charge in [-0.2, -0.15) is 5.26 Å². The molecule has 25 heavy (non-hydrogen) atoms. The molecule has 0 saturated carbocycles. The van der Waals surface area contributed by atoms with E-state index in [1.807, 2.05) is 25.1 Å². The van der Waals surface area contributed by atoms with Crippen LogP contribution in [-0.2, 0) is 11.2 Å². The minimum absolute atomic E-state index is 0.0167. The zero-order valence-electron chi connectivity index (χ0n) is 14.2. The third kappa shape index (κ3) is 5.10. The van der Waals surface area contributed by atoms with Crippen molar-refractivity contribution in [2.75, 3.05) is 5.32 Å². The van der Waals surface area contributed by atoms with Crippen molar-refractivity contribution in [1.82, 2.24) is 5.32 Å². The van der Waals surface area contributed by atoms with Gasteiger partial charge >= 0.3 is 0 Å². The van der Waals surface area contributed by atoms with E-state index in [0.717, 1.165) is 12.0 Å². The molecule has 0 aromatic heterocycles. The second-order valence-corrected chi connectivity index (χ2v) is 5.99. The first kappa shape index (κ1) is 18.6. The molecular formula is C20H20ClN3O. The highest BCUT2D eigenvalue weighted by Gasteiger charge is 2.12. The molecule has 0 radical (unpaired) electrons. The lowest BCUT2D eigenvalue weighted by atomic mass is 10.1. The molecule has 1 unspecified atom stereocenters. The van der Waals surface area contributed by atoms with Crippen molar-refractivity contribution in [3.8, 4) is 6.07 Å². The molecule has 0 bridgehead atoms. The number of aryl methyl sites for hydroxylation is 1. The standard InChI is InChI=1S/C20H20ClN3O/c1-3-15-8-10-16(11-9-15)14(2)23-13-17(12-22)20(25)24-19-7-5-4-6-18(19)21/h4-11,13-14,23H,3H2,1-2H3,(H,24,25)/b17-13-. The van der Waals surface area contributed by atoms with E-state index < -0.39 is 5.91 Å². The summed E-state index contributed by atoms with van der Waals surface area (Å²) in [4.78, 5) is 12.2. The zero-order valence-corrected chi connectivity index (χ0v) is 15.0. The molecule has 0 spiro atoms. The summed E-state index contributed by atoms with van der Waals surface area (Å²) in [6, 6.07) is 17.0. The number of hydrogen-bond donors (Lipinski definition) is 2. The predicted molar refractivity (Wildman–Crippen MR) is 101 cm³/mol. The summed E-state index contributed by atoms with van der Waals surface area (Å²) < 4.78 is 0. The number of carbonyl (C=O) groups excluding carboxylic acids is 1. The van der Waals surface area contributed by atoms with Crippen LogP contribution in [-0.4, -0.2) is 5.91 Å². The third-order valence-corrected chi connectivity index (χ3v) is 4.18. The second-order valence-electron chi connectivity index (χ2n) is 5.59. The van der Waals surface area contributed by atoms with Gasteiger partial charge in [-0.05, 0) is 36.6 Å². The van der Waals surface area contributed by atoms with E-state index >= 15 is 0 Å². The Balaban J connectivity index is 2.04. The maximum Gasteiger partial charge on any atom is 0.267 e. The van der Waals surface area contributed by atoms with Crippen molar-refractivity contribution in [2.24, 2.45) is 0 Å². The molecule has 0 aliphatic heterocycles. The average molecular weight is 354 g/mol. The van der Waals surface area contributed by atoms with Crippen LogP contribution in [0.25, 0.3) is 0 Å². The predicted octanol–water partition coefficient (Wildman–Crippen LogP) is 4.60. The molecule has 4 nitrogen and oxygen atoms in total. The number of nitrogens with one attached hydrogen (secondary N) is 2. The fraction of sp³-hybridized carbons (Fsp3) is 0.200. The van der Waals surface area contributed by atoms with Gasteiger partial charge in [-0.25, -0.2) is 0 Å². The third-order valence-electron chi connectivity index (χ3n) is 3.85. The first-order valence-corrected chi connectivity index (χ1v) is 8.44. The number of nitriles is 1. The minimum Gasteiger partial charge on any atom is -0.383 e. The van der Waals surface area contributed by atoms with Gasteiger partial charge in [-0.3, -0.25) is 4.79 Å². The van der Waals surface area contributed by atoms with Crippen LogP contribution < -0.4 is 10.6 Å². The molecule has 0 fully saturated rings. The van der Waals surface area contributed by atoms with Gasteiger partial charge < -0.3 is 10.6 Å². The van der Waals surface area contributed by atoms with E-state index in [-0.39, 0.29) is 11.6 Å². The fourth-order valence-corrected chi connectivity index (χ4v) is 2.43. The monoisotopic (exact) mass is 353 g/mol. The zero-order chi connectivity index (χ0) is 18.2. The topological polar surface area (TPSA) is 64.9 Å². The van der Waals surface area contributed by atoms with Gasteiger partial charge in [-0.15, -0.1) is 0 Å². The summed E-state index contributed by atoms with van der Waals surface area (Å²) in [7, 11) is 0. The van der Waals surface area contributed by atoms with Crippen LogP contribution in [0.5, 0.6) is 0 Å². The largest absolute Gasteiger partial charge is 0.383 e. The van der Waals surface area contributed by atoms with E-state index in [0.29, 0.717) is 10.7 Å². The Hall–Kier alpha value is -2.77. The van der Waals surface area contributed by atoms with E-state index in [2.05, 4.69) is 29.7 Å². The Bertz CT molecular complexity index is 806. The van der Waals surface area contributed by atoms with Crippen molar-refractivity contribution in [2.45, 2.75) is 26.3 Å². The summed E-state index contributed by atoms with van der Waals surface area (Å²) in [5.41, 5.74) is 2.80. The van der Waals surface area contributed by atoms with Gasteiger partial charge in [0.15, 0.2) is 0 Å². The lowest BCUT2D eigenvalue weighted by Gasteiger charge is -2.13. The average Bonchev–Trinajstić information content (AvgIpc) is 2.64. The smallest absolute Gasteiger partial charge is 0.267 e. The molecule has 1 atom stereocenters. The number of anilines is 1. The molecule has 2 rings (SSSR count). The molecule has 128 valence electrons. The summed E-state index contributed by atoms with van der Waals surface area (Å²) in [5, 5.41) is 15.4. The molecule has 2 aromatic rings. The Kier molecular flexibility index (Phi) is 6.62. The van der Waals surface area contributed by atoms with Gasteiger partial charge in [0.05, 0.1) is 10.7 Å². The summed E-state index contributed by atoms with van der Waals surface area (Å²) in [6.45, 7) is 4.08. The summed E-state index contributed by atoms with van der Waals surface area (Å²) >= 11 is 6.02. The van der Waals surface area contributed by atoms with Crippen molar-refractivity contribution >= 4 is 23.2 Å². The normalized spacial score (nSPS) is 12.2. The van der Waals surface area contributed by atoms with E-state index in [1.54, 1.807) is 24.3 Å². The number of benzene rings is 2. The number of hydrogen-bond acceptors (Lipinski definition) is 3. The van der Waals surface area contributed by atoms with Gasteiger partial charge in [0.25, 0.3) is 5.91 Å². The number of para-hydroxylation sites is 1. The van der Waals surface area contributed by atoms with Crippen LogP contribution in [0, 0.1) is 11.3 Å². The van der Waals surface area contributed by atoms with Crippen LogP contribution >= 0.6 is 11.6 Å². The van der Waals surface area contributed by atoms with Gasteiger partial charge in [0.2, 0.25) is 0 Å². The van der Waals surface area contributed by atoms with Crippen molar-refractivity contribution in [3.63, 3.8) is 0 Å². The first-order valence-electron chi connectivity index (χ1n) is 8.06. The maximum atomic E-state index is 12.2. The Morgan fingerprint density at radius 3 is 2.52 bits per heavy atom. The highest BCUT2D eigenvalue weighted by atomic mass is 35.5. The van der Waals surface area contributed by atoms with Crippen molar-refractivity contribution in [1.29, 1.82) is 5.26 Å². The number of carbonyl (C=O) groups is 1. The second kappa shape index (κ2) is 8.91. The number of amides is 1. The molecule has 0 heterocycles. The van der Waals surface area contributed by atoms with Crippen LogP contribution in [0.2, 0.25) is 5.02 Å². The number of halogens is 1. The number of nitrogens with zero attached hydrogens (tertiary/aromatic N) is 1. The Morgan fingerprint density at radius 2 is 1.92 bits per heavy atom. The van der Waals surface area contributed by atoms with Crippen molar-refractivity contribution in [3.05, 3.63) is 76.5 Å². The highest BCUT2D eigenvalue weighted by molar-refractivity contribution is 6.33. The van der Waals surface area contributed by atoms with E-state index in [9.17, 15) is 10.1 Å². The van der Waals surface area contributed by atoms with Crippen LogP contribution in [0.1, 0.15) is 31.0 Å². The van der Waals surface area contributed by atoms with E-state index in [1.165, 1.54) is 11.8 Å². The Morgan fingerprint density at radius 1 is 1.24 bits per heavy atom. The molecule has 5 heteroatoms. The Labute approximate surface area is 153 Å². The van der Waals surface area contributed by atoms with Gasteiger partial charge in [0, 0.05) is 12.2 Å². The van der Waals surface area contributed by atoms with Gasteiger partial charge in [0.1, 0.15) is 11.6 Å². The quantitative estimate of drug-likeness (QED) is 0.589. The van der Waals surface area contributed by atoms with Crippen LogP contribution in [0.15, 0.2) is 60.3 Å². The lowest BCUT2D eigenvalue weighted by Crippen LogP contribution is -2.18. The molecule has 2 aromatic carbocycles. The fourth-order valence-electron chi connectivity index (χ4n) is 2.25. The highest BCUT2D eigenvalue weighted by Crippen LogP contribution is 2.21.